The van der Waals surface area contributed by atoms with Gasteiger partial charge >= 0.3 is 12.1 Å². The number of benzene rings is 2. The summed E-state index contributed by atoms with van der Waals surface area (Å²) in [6.07, 6.45) is 0.832. The van der Waals surface area contributed by atoms with Crippen molar-refractivity contribution in [2.24, 2.45) is 5.92 Å². The Morgan fingerprint density at radius 3 is 2.11 bits per heavy atom. The largest absolute Gasteiger partial charge is 0.457 e. The molecule has 0 aliphatic heterocycles. The Morgan fingerprint density at radius 2 is 1.44 bits per heavy atom. The number of oxazole rings is 1. The van der Waals surface area contributed by atoms with Crippen LogP contribution in [0.5, 0.6) is 0 Å². The molecule has 5 aromatic rings. The number of thiazole rings is 2. The molecule has 1 aliphatic carbocycles. The first-order chi connectivity index (χ1) is 25.9. The summed E-state index contributed by atoms with van der Waals surface area (Å²) < 4.78 is 16.5. The fourth-order valence-corrected chi connectivity index (χ4v) is 7.89. The van der Waals surface area contributed by atoms with Gasteiger partial charge in [-0.3, -0.25) is 9.59 Å². The van der Waals surface area contributed by atoms with Crippen LogP contribution in [0.15, 0.2) is 76.4 Å². The Labute approximate surface area is 320 Å². The van der Waals surface area contributed by atoms with Crippen LogP contribution in [0.4, 0.5) is 4.79 Å². The van der Waals surface area contributed by atoms with E-state index in [9.17, 15) is 19.2 Å². The molecule has 1 aliphatic rings. The summed E-state index contributed by atoms with van der Waals surface area (Å²) in [5.41, 5.74) is 4.88. The Kier molecular flexibility index (Phi) is 11.7. The number of fused-ring (bicyclic) bond motifs is 3. The van der Waals surface area contributed by atoms with Crippen molar-refractivity contribution < 1.29 is 33.1 Å². The summed E-state index contributed by atoms with van der Waals surface area (Å²) in [4.78, 5) is 64.9. The van der Waals surface area contributed by atoms with Gasteiger partial charge in [0.2, 0.25) is 5.89 Å². The second kappa shape index (κ2) is 16.6. The minimum atomic E-state index is -0.689. The topological polar surface area (TPSA) is 175 Å². The van der Waals surface area contributed by atoms with Crippen LogP contribution < -0.4 is 16.0 Å². The molecule has 3 aromatic heterocycles. The van der Waals surface area contributed by atoms with E-state index in [1.807, 2.05) is 38.1 Å². The molecule has 0 saturated carbocycles. The van der Waals surface area contributed by atoms with Gasteiger partial charge in [0, 0.05) is 16.7 Å². The summed E-state index contributed by atoms with van der Waals surface area (Å²) >= 11 is 2.47. The van der Waals surface area contributed by atoms with E-state index >= 15 is 0 Å². The molecule has 0 spiro atoms. The molecule has 3 atom stereocenters. The number of aryl methyl sites for hydroxylation is 1. The minimum Gasteiger partial charge on any atom is -0.457 e. The standard InChI is InChI=1S/C39H40N6O7S2/c1-7-16-50-38(48)30-19-53-36(43-30)22(5)40-33(46)29-18-54-37(42-29)31(20(2)3)44-34(47)32-23(6)52-35(45-32)21(4)41-39(49)51-17-28-26-14-10-8-12-24(26)25-13-9-11-15-27(25)28/h7-15,18-22,28,31H,1,16-17H2,2-6H3,(H,40,46)(H,41,49)(H,44,47)/t21-,22-,31-/m1/s1. The summed E-state index contributed by atoms with van der Waals surface area (Å²) in [7, 11) is 0. The summed E-state index contributed by atoms with van der Waals surface area (Å²) in [6, 6.07) is 14.5. The molecule has 280 valence electrons. The van der Waals surface area contributed by atoms with Gasteiger partial charge in [-0.25, -0.2) is 24.5 Å². The molecular formula is C39H40N6O7S2. The van der Waals surface area contributed by atoms with Crippen LogP contribution in [0, 0.1) is 12.8 Å². The van der Waals surface area contributed by atoms with Crippen molar-refractivity contribution in [2.75, 3.05) is 13.2 Å². The first-order valence-corrected chi connectivity index (χ1v) is 19.1. The predicted octanol–water partition coefficient (Wildman–Crippen LogP) is 7.46. The normalized spacial score (nSPS) is 13.7. The number of rotatable bonds is 14. The molecule has 2 aromatic carbocycles. The molecule has 0 saturated heterocycles. The average molecular weight is 769 g/mol. The predicted molar refractivity (Wildman–Crippen MR) is 203 cm³/mol. The first-order valence-electron chi connectivity index (χ1n) is 17.3. The lowest BCUT2D eigenvalue weighted by molar-refractivity contribution is 0.0543. The van der Waals surface area contributed by atoms with Crippen LogP contribution in [0.25, 0.3) is 11.1 Å². The number of hydrogen-bond acceptors (Lipinski definition) is 12. The van der Waals surface area contributed by atoms with Gasteiger partial charge in [0.15, 0.2) is 11.4 Å². The van der Waals surface area contributed by atoms with Crippen LogP contribution >= 0.6 is 22.7 Å². The highest BCUT2D eigenvalue weighted by molar-refractivity contribution is 7.10. The minimum absolute atomic E-state index is 0.0661. The molecule has 3 amide bonds. The Morgan fingerprint density at radius 1 is 0.815 bits per heavy atom. The van der Waals surface area contributed by atoms with E-state index in [2.05, 4.69) is 61.7 Å². The molecular weight excluding hydrogens is 729 g/mol. The summed E-state index contributed by atoms with van der Waals surface area (Å²) in [5.74, 6) is -1.24. The molecule has 0 unspecified atom stereocenters. The molecule has 13 nitrogen and oxygen atoms in total. The molecule has 0 radical (unpaired) electrons. The zero-order valence-corrected chi connectivity index (χ0v) is 32.0. The van der Waals surface area contributed by atoms with Gasteiger partial charge in [-0.05, 0) is 48.9 Å². The zero-order chi connectivity index (χ0) is 38.5. The van der Waals surface area contributed by atoms with Gasteiger partial charge in [-0.1, -0.05) is 75.0 Å². The van der Waals surface area contributed by atoms with Crippen molar-refractivity contribution in [3.05, 3.63) is 122 Å². The number of nitrogens with one attached hydrogen (secondary N) is 3. The molecule has 0 bridgehead atoms. The van der Waals surface area contributed by atoms with E-state index in [-0.39, 0.29) is 53.8 Å². The van der Waals surface area contributed by atoms with Gasteiger partial charge in [0.05, 0.1) is 12.1 Å². The van der Waals surface area contributed by atoms with Crippen molar-refractivity contribution in [1.29, 1.82) is 0 Å². The van der Waals surface area contributed by atoms with Crippen molar-refractivity contribution in [2.45, 2.75) is 58.7 Å². The fraction of sp³-hybridized carbons (Fsp3) is 0.308. The maximum absolute atomic E-state index is 13.5. The van der Waals surface area contributed by atoms with Gasteiger partial charge < -0.3 is 29.8 Å². The molecule has 6 rings (SSSR count). The van der Waals surface area contributed by atoms with Crippen LogP contribution in [-0.4, -0.2) is 52.0 Å². The molecule has 54 heavy (non-hydrogen) atoms. The van der Waals surface area contributed by atoms with Crippen molar-refractivity contribution in [3.63, 3.8) is 0 Å². The number of esters is 1. The molecule has 3 N–H and O–H groups in total. The van der Waals surface area contributed by atoms with Crippen LogP contribution in [0.2, 0.25) is 0 Å². The van der Waals surface area contributed by atoms with Crippen LogP contribution in [-0.2, 0) is 9.47 Å². The van der Waals surface area contributed by atoms with Gasteiger partial charge in [0.25, 0.3) is 11.8 Å². The third-order valence-corrected chi connectivity index (χ3v) is 10.8. The maximum atomic E-state index is 13.5. The smallest absolute Gasteiger partial charge is 0.407 e. The highest BCUT2D eigenvalue weighted by atomic mass is 32.1. The fourth-order valence-electron chi connectivity index (χ4n) is 6.07. The third-order valence-electron chi connectivity index (χ3n) is 8.83. The number of nitrogens with zero attached hydrogens (tertiary/aromatic N) is 3. The molecule has 0 fully saturated rings. The first kappa shape index (κ1) is 38.1. The van der Waals surface area contributed by atoms with E-state index in [1.54, 1.807) is 31.5 Å². The quantitative estimate of drug-likeness (QED) is 0.0760. The Bertz CT molecular complexity index is 2140. The number of aromatic nitrogens is 3. The second-order valence-electron chi connectivity index (χ2n) is 13.1. The van der Waals surface area contributed by atoms with E-state index in [4.69, 9.17) is 13.9 Å². The van der Waals surface area contributed by atoms with E-state index in [1.165, 1.54) is 28.7 Å². The van der Waals surface area contributed by atoms with E-state index in [0.29, 0.717) is 10.0 Å². The molecule has 15 heteroatoms. The number of hydrogen-bond donors (Lipinski definition) is 3. The second-order valence-corrected chi connectivity index (χ2v) is 14.8. The number of amides is 3. The Hall–Kier alpha value is -5.67. The Balaban J connectivity index is 1.04. The highest BCUT2D eigenvalue weighted by Crippen LogP contribution is 2.44. The van der Waals surface area contributed by atoms with Crippen molar-refractivity contribution in [3.8, 4) is 11.1 Å². The SMILES string of the molecule is C=CCOC(=O)c1csc([C@@H](C)NC(=O)c2csc([C@H](NC(=O)c3nc([C@@H](C)NC(=O)OCC4c5ccccc5-c5ccccc54)oc3C)C(C)C)n2)n1. The summed E-state index contributed by atoms with van der Waals surface area (Å²) in [5, 5.41) is 12.9. The van der Waals surface area contributed by atoms with Gasteiger partial charge in [-0.2, -0.15) is 0 Å². The number of alkyl carbamates (subject to hydrolysis) is 1. The third kappa shape index (κ3) is 8.26. The number of ether oxygens (including phenoxy) is 2. The highest BCUT2D eigenvalue weighted by Gasteiger charge is 2.31. The van der Waals surface area contributed by atoms with E-state index < -0.39 is 42.0 Å². The molecule has 3 heterocycles. The lowest BCUT2D eigenvalue weighted by Crippen LogP contribution is -2.33. The zero-order valence-electron chi connectivity index (χ0n) is 30.4. The van der Waals surface area contributed by atoms with E-state index in [0.717, 1.165) is 22.3 Å². The lowest BCUT2D eigenvalue weighted by Gasteiger charge is -2.19. The van der Waals surface area contributed by atoms with Gasteiger partial charge in [-0.15, -0.1) is 22.7 Å². The van der Waals surface area contributed by atoms with Gasteiger partial charge in [0.1, 0.15) is 40.7 Å². The van der Waals surface area contributed by atoms with Crippen molar-refractivity contribution in [1.82, 2.24) is 30.9 Å². The van der Waals surface area contributed by atoms with Crippen LogP contribution in [0.3, 0.4) is 0 Å². The monoisotopic (exact) mass is 768 g/mol. The lowest BCUT2D eigenvalue weighted by atomic mass is 9.98. The van der Waals surface area contributed by atoms with Crippen LogP contribution in [0.1, 0.15) is 116 Å². The summed E-state index contributed by atoms with van der Waals surface area (Å²) in [6.45, 7) is 12.7. The maximum Gasteiger partial charge on any atom is 0.407 e. The van der Waals surface area contributed by atoms with Crippen molar-refractivity contribution >= 4 is 46.6 Å². The average Bonchev–Trinajstić information content (AvgIpc) is 3.97. The number of carbonyl (C=O) groups excluding carboxylic acids is 4. The number of carbonyl (C=O) groups is 4.